The number of hydrogen-bond donors (Lipinski definition) is 0. The van der Waals surface area contributed by atoms with E-state index in [2.05, 4.69) is 42.4 Å². The lowest BCUT2D eigenvalue weighted by atomic mass is 10.0. The van der Waals surface area contributed by atoms with Crippen molar-refractivity contribution < 1.29 is 4.57 Å². The SMILES string of the molecule is CCCCCCCCCCCCCCCCn1cc[n+](C)c1CCCCCCC. The Kier molecular flexibility index (Phi) is 17.4. The second-order valence-electron chi connectivity index (χ2n) is 9.28. The van der Waals surface area contributed by atoms with Crippen molar-refractivity contribution in [2.24, 2.45) is 7.05 Å². The van der Waals surface area contributed by atoms with Gasteiger partial charge in [-0.2, -0.15) is 0 Å². The molecule has 1 aromatic heterocycles. The molecular weight excluding hydrogens is 352 g/mol. The molecule has 0 atom stereocenters. The van der Waals surface area contributed by atoms with Gasteiger partial charge in [0.25, 0.3) is 5.82 Å². The predicted octanol–water partition coefficient (Wildman–Crippen LogP) is 8.31. The number of aryl methyl sites for hydroxylation is 2. The first-order valence-electron chi connectivity index (χ1n) is 13.3. The van der Waals surface area contributed by atoms with E-state index in [1.165, 1.54) is 141 Å². The van der Waals surface area contributed by atoms with Crippen LogP contribution in [0.3, 0.4) is 0 Å². The van der Waals surface area contributed by atoms with Gasteiger partial charge in [-0.25, -0.2) is 9.13 Å². The first-order chi connectivity index (χ1) is 14.3. The van der Waals surface area contributed by atoms with Crippen LogP contribution in [0.25, 0.3) is 0 Å². The van der Waals surface area contributed by atoms with Gasteiger partial charge in [0.1, 0.15) is 12.4 Å². The normalized spacial score (nSPS) is 11.4. The van der Waals surface area contributed by atoms with Crippen LogP contribution in [-0.2, 0) is 20.0 Å². The zero-order chi connectivity index (χ0) is 21.0. The van der Waals surface area contributed by atoms with Gasteiger partial charge in [0.05, 0.1) is 13.6 Å². The average Bonchev–Trinajstić information content (AvgIpc) is 3.07. The van der Waals surface area contributed by atoms with Crippen molar-refractivity contribution in [2.45, 2.75) is 149 Å². The van der Waals surface area contributed by atoms with Gasteiger partial charge in [-0.05, 0) is 19.3 Å². The van der Waals surface area contributed by atoms with Crippen LogP contribution in [0.5, 0.6) is 0 Å². The highest BCUT2D eigenvalue weighted by Crippen LogP contribution is 2.14. The lowest BCUT2D eigenvalue weighted by Gasteiger charge is -2.05. The van der Waals surface area contributed by atoms with Gasteiger partial charge < -0.3 is 0 Å². The molecule has 0 aromatic carbocycles. The first-order valence-corrected chi connectivity index (χ1v) is 13.3. The highest BCUT2D eigenvalue weighted by Gasteiger charge is 2.13. The second kappa shape index (κ2) is 19.2. The van der Waals surface area contributed by atoms with Crippen molar-refractivity contribution in [1.82, 2.24) is 4.57 Å². The average molecular weight is 406 g/mol. The van der Waals surface area contributed by atoms with E-state index in [0.717, 1.165) is 0 Å². The predicted molar refractivity (Wildman–Crippen MR) is 128 cm³/mol. The van der Waals surface area contributed by atoms with Crippen LogP contribution >= 0.6 is 0 Å². The summed E-state index contributed by atoms with van der Waals surface area (Å²) in [6.45, 7) is 5.80. The molecular formula is C27H53N2+. The van der Waals surface area contributed by atoms with Gasteiger partial charge >= 0.3 is 0 Å². The molecule has 170 valence electrons. The molecule has 0 spiro atoms. The molecule has 0 N–H and O–H groups in total. The van der Waals surface area contributed by atoms with Crippen molar-refractivity contribution in [1.29, 1.82) is 0 Å². The van der Waals surface area contributed by atoms with Crippen LogP contribution in [0, 0.1) is 0 Å². The fourth-order valence-corrected chi connectivity index (χ4v) is 4.44. The maximum absolute atomic E-state index is 2.51. The van der Waals surface area contributed by atoms with E-state index in [-0.39, 0.29) is 0 Å². The zero-order valence-corrected chi connectivity index (χ0v) is 20.4. The third-order valence-corrected chi connectivity index (χ3v) is 6.47. The number of hydrogen-bond acceptors (Lipinski definition) is 0. The van der Waals surface area contributed by atoms with Crippen molar-refractivity contribution in [2.75, 3.05) is 0 Å². The van der Waals surface area contributed by atoms with E-state index in [9.17, 15) is 0 Å². The van der Waals surface area contributed by atoms with E-state index >= 15 is 0 Å². The summed E-state index contributed by atoms with van der Waals surface area (Å²) >= 11 is 0. The van der Waals surface area contributed by atoms with Crippen molar-refractivity contribution in [3.05, 3.63) is 18.2 Å². The number of rotatable bonds is 21. The van der Waals surface area contributed by atoms with Crippen LogP contribution in [0.2, 0.25) is 0 Å². The molecule has 29 heavy (non-hydrogen) atoms. The molecule has 2 heteroatoms. The third-order valence-electron chi connectivity index (χ3n) is 6.47. The molecule has 0 aliphatic carbocycles. The summed E-state index contributed by atoms with van der Waals surface area (Å²) < 4.78 is 4.85. The molecule has 0 radical (unpaired) electrons. The number of unbranched alkanes of at least 4 members (excludes halogenated alkanes) is 17. The molecule has 0 saturated heterocycles. The summed E-state index contributed by atoms with van der Waals surface area (Å²) in [4.78, 5) is 0. The monoisotopic (exact) mass is 405 g/mol. The van der Waals surface area contributed by atoms with Crippen molar-refractivity contribution in [3.63, 3.8) is 0 Å². The van der Waals surface area contributed by atoms with E-state index < -0.39 is 0 Å². The Morgan fingerprint density at radius 2 is 1.00 bits per heavy atom. The Bertz CT molecular complexity index is 463. The number of aromatic nitrogens is 2. The standard InChI is InChI=1S/C27H53N2/c1-4-6-8-10-11-12-13-14-15-16-17-18-20-22-24-29-26-25-28(3)27(29)23-21-19-9-7-5-2/h25-26H,4-24H2,1-3H3/q+1. The van der Waals surface area contributed by atoms with Crippen LogP contribution in [0.4, 0.5) is 0 Å². The van der Waals surface area contributed by atoms with Gasteiger partial charge in [0.2, 0.25) is 0 Å². The highest BCUT2D eigenvalue weighted by atomic mass is 15.1. The molecule has 0 bridgehead atoms. The molecule has 1 rings (SSSR count). The van der Waals surface area contributed by atoms with Crippen LogP contribution in [0.15, 0.2) is 12.4 Å². The Labute approximate surface area is 183 Å². The Morgan fingerprint density at radius 1 is 0.586 bits per heavy atom. The Balaban J connectivity index is 1.96. The smallest absolute Gasteiger partial charge is 0.237 e. The largest absolute Gasteiger partial charge is 0.256 e. The fourth-order valence-electron chi connectivity index (χ4n) is 4.44. The maximum Gasteiger partial charge on any atom is 0.256 e. The lowest BCUT2D eigenvalue weighted by molar-refractivity contribution is -0.678. The first kappa shape index (κ1) is 26.2. The van der Waals surface area contributed by atoms with Crippen LogP contribution < -0.4 is 4.57 Å². The minimum atomic E-state index is 1.21. The van der Waals surface area contributed by atoms with Crippen LogP contribution in [0.1, 0.15) is 142 Å². The van der Waals surface area contributed by atoms with Gasteiger partial charge in [-0.1, -0.05) is 117 Å². The van der Waals surface area contributed by atoms with E-state index in [1.807, 2.05) is 0 Å². The highest BCUT2D eigenvalue weighted by molar-refractivity contribution is 4.84. The molecule has 0 aliphatic rings. The van der Waals surface area contributed by atoms with Gasteiger partial charge in [0.15, 0.2) is 0 Å². The molecule has 0 aliphatic heterocycles. The third kappa shape index (κ3) is 13.9. The summed E-state index contributed by atoms with van der Waals surface area (Å²) in [5.74, 6) is 1.52. The summed E-state index contributed by atoms with van der Waals surface area (Å²) in [5, 5.41) is 0. The Morgan fingerprint density at radius 3 is 1.48 bits per heavy atom. The van der Waals surface area contributed by atoms with Gasteiger partial charge in [-0.3, -0.25) is 0 Å². The van der Waals surface area contributed by atoms with Gasteiger partial charge in [0, 0.05) is 6.42 Å². The van der Waals surface area contributed by atoms with Crippen molar-refractivity contribution >= 4 is 0 Å². The fraction of sp³-hybridized carbons (Fsp3) is 0.889. The minimum Gasteiger partial charge on any atom is -0.237 e. The maximum atomic E-state index is 2.51. The number of nitrogens with zero attached hydrogens (tertiary/aromatic N) is 2. The zero-order valence-electron chi connectivity index (χ0n) is 20.4. The summed E-state index contributed by atoms with van der Waals surface area (Å²) in [6.07, 6.45) is 32.8. The Hall–Kier alpha value is -0.790. The minimum absolute atomic E-state index is 1.21. The quantitative estimate of drug-likeness (QED) is 0.144. The topological polar surface area (TPSA) is 8.81 Å². The van der Waals surface area contributed by atoms with E-state index in [4.69, 9.17) is 0 Å². The van der Waals surface area contributed by atoms with E-state index in [1.54, 1.807) is 0 Å². The summed E-state index contributed by atoms with van der Waals surface area (Å²) in [7, 11) is 2.21. The number of imidazole rings is 1. The lowest BCUT2D eigenvalue weighted by Crippen LogP contribution is -2.32. The molecule has 1 aromatic rings. The summed E-state index contributed by atoms with van der Waals surface area (Å²) in [5.41, 5.74) is 0. The molecule has 1 heterocycles. The molecule has 0 unspecified atom stereocenters. The van der Waals surface area contributed by atoms with Crippen LogP contribution in [-0.4, -0.2) is 4.57 Å². The molecule has 0 amide bonds. The second-order valence-corrected chi connectivity index (χ2v) is 9.28. The molecule has 2 nitrogen and oxygen atoms in total. The van der Waals surface area contributed by atoms with Gasteiger partial charge in [-0.15, -0.1) is 0 Å². The molecule has 0 saturated carbocycles. The molecule has 0 fully saturated rings. The summed E-state index contributed by atoms with van der Waals surface area (Å²) in [6, 6.07) is 0. The van der Waals surface area contributed by atoms with E-state index in [0.29, 0.717) is 0 Å². The van der Waals surface area contributed by atoms with Crippen molar-refractivity contribution in [3.8, 4) is 0 Å².